The van der Waals surface area contributed by atoms with Crippen molar-refractivity contribution < 1.29 is 4.79 Å². The van der Waals surface area contributed by atoms with Crippen molar-refractivity contribution in [1.29, 1.82) is 0 Å². The molecular weight excluding hydrogens is 226 g/mol. The summed E-state index contributed by atoms with van der Waals surface area (Å²) in [4.78, 5) is 14.6. The van der Waals surface area contributed by atoms with Crippen molar-refractivity contribution in [2.75, 3.05) is 39.3 Å². The fourth-order valence-corrected chi connectivity index (χ4v) is 2.97. The summed E-state index contributed by atoms with van der Waals surface area (Å²) < 4.78 is 0. The second-order valence-electron chi connectivity index (χ2n) is 6.00. The summed E-state index contributed by atoms with van der Waals surface area (Å²) in [5, 5.41) is 6.43. The summed E-state index contributed by atoms with van der Waals surface area (Å²) in [6.45, 7) is 8.41. The third-order valence-electron chi connectivity index (χ3n) is 4.28. The number of likely N-dealkylation sites (tertiary alicyclic amines) is 1. The van der Waals surface area contributed by atoms with Gasteiger partial charge in [-0.25, -0.2) is 0 Å². The number of carbonyl (C=O) groups excluding carboxylic acids is 1. The molecule has 0 aromatic heterocycles. The van der Waals surface area contributed by atoms with Crippen molar-refractivity contribution in [3.05, 3.63) is 0 Å². The van der Waals surface area contributed by atoms with E-state index in [0.29, 0.717) is 0 Å². The van der Waals surface area contributed by atoms with Crippen molar-refractivity contribution in [2.24, 2.45) is 5.41 Å². The van der Waals surface area contributed by atoms with Crippen LogP contribution >= 0.6 is 0 Å². The Balaban J connectivity index is 1.61. The van der Waals surface area contributed by atoms with Crippen LogP contribution < -0.4 is 10.6 Å². The van der Waals surface area contributed by atoms with Crippen LogP contribution in [0, 0.1) is 5.41 Å². The summed E-state index contributed by atoms with van der Waals surface area (Å²) in [5.74, 6) is 0.233. The van der Waals surface area contributed by atoms with E-state index in [-0.39, 0.29) is 11.3 Å². The summed E-state index contributed by atoms with van der Waals surface area (Å²) in [6, 6.07) is 0. The highest BCUT2D eigenvalue weighted by Crippen LogP contribution is 2.25. The van der Waals surface area contributed by atoms with E-state index < -0.39 is 0 Å². The Hall–Kier alpha value is -0.610. The lowest BCUT2D eigenvalue weighted by molar-refractivity contribution is -0.131. The summed E-state index contributed by atoms with van der Waals surface area (Å²) in [6.07, 6.45) is 5.89. The first-order valence-corrected chi connectivity index (χ1v) is 7.42. The fraction of sp³-hybridized carbons (Fsp3) is 0.929. The van der Waals surface area contributed by atoms with Gasteiger partial charge in [-0.3, -0.25) is 4.79 Å². The molecule has 0 saturated carbocycles. The molecule has 0 spiro atoms. The first kappa shape index (κ1) is 13.8. The molecule has 2 fully saturated rings. The van der Waals surface area contributed by atoms with Gasteiger partial charge in [-0.1, -0.05) is 0 Å². The second kappa shape index (κ2) is 6.53. The number of nitrogens with one attached hydrogen (secondary N) is 2. The monoisotopic (exact) mass is 253 g/mol. The number of hydrogen-bond acceptors (Lipinski definition) is 3. The largest absolute Gasteiger partial charge is 0.356 e. The molecule has 2 aliphatic rings. The van der Waals surface area contributed by atoms with Crippen LogP contribution in [0.1, 0.15) is 39.0 Å². The van der Waals surface area contributed by atoms with Gasteiger partial charge in [-0.15, -0.1) is 0 Å². The van der Waals surface area contributed by atoms with Crippen molar-refractivity contribution in [2.45, 2.75) is 39.0 Å². The normalized spacial score (nSPS) is 29.4. The van der Waals surface area contributed by atoms with Gasteiger partial charge in [0.05, 0.1) is 5.41 Å². The number of carbonyl (C=O) groups is 1. The molecule has 0 bridgehead atoms. The molecule has 2 saturated heterocycles. The van der Waals surface area contributed by atoms with Gasteiger partial charge < -0.3 is 15.5 Å². The van der Waals surface area contributed by atoms with Crippen molar-refractivity contribution in [1.82, 2.24) is 15.5 Å². The van der Waals surface area contributed by atoms with E-state index in [1.165, 1.54) is 25.9 Å². The van der Waals surface area contributed by atoms with E-state index in [1.807, 2.05) is 0 Å². The molecule has 4 nitrogen and oxygen atoms in total. The Morgan fingerprint density at radius 1 is 1.33 bits per heavy atom. The first-order valence-electron chi connectivity index (χ1n) is 7.42. The Kier molecular flexibility index (Phi) is 5.01. The summed E-state index contributed by atoms with van der Waals surface area (Å²) >= 11 is 0. The highest BCUT2D eigenvalue weighted by Gasteiger charge is 2.34. The molecule has 2 N–H and O–H groups in total. The Morgan fingerprint density at radius 2 is 2.11 bits per heavy atom. The number of amides is 1. The quantitative estimate of drug-likeness (QED) is 0.718. The van der Waals surface area contributed by atoms with Gasteiger partial charge in [0.15, 0.2) is 0 Å². The number of nitrogens with zero attached hydrogens (tertiary/aromatic N) is 1. The van der Waals surface area contributed by atoms with E-state index in [1.54, 1.807) is 0 Å². The van der Waals surface area contributed by atoms with Crippen molar-refractivity contribution >= 4 is 5.91 Å². The minimum absolute atomic E-state index is 0.189. The van der Waals surface area contributed by atoms with Gasteiger partial charge in [0.1, 0.15) is 0 Å². The van der Waals surface area contributed by atoms with Gasteiger partial charge in [-0.2, -0.15) is 0 Å². The van der Waals surface area contributed by atoms with Crippen LogP contribution in [0.3, 0.4) is 0 Å². The zero-order chi connectivity index (χ0) is 12.8. The zero-order valence-electron chi connectivity index (χ0n) is 11.6. The molecular formula is C14H27N3O. The third kappa shape index (κ3) is 3.69. The average molecular weight is 253 g/mol. The predicted octanol–water partition coefficient (Wildman–Crippen LogP) is 0.978. The lowest BCUT2D eigenvalue weighted by Crippen LogP contribution is -2.49. The van der Waals surface area contributed by atoms with Gasteiger partial charge in [0, 0.05) is 13.1 Å². The van der Waals surface area contributed by atoms with Crippen LogP contribution in [0.15, 0.2) is 0 Å². The van der Waals surface area contributed by atoms with Gasteiger partial charge in [0.25, 0.3) is 0 Å². The van der Waals surface area contributed by atoms with Crippen LogP contribution in [-0.2, 0) is 4.79 Å². The van der Waals surface area contributed by atoms with Gasteiger partial charge >= 0.3 is 0 Å². The molecule has 0 aromatic carbocycles. The van der Waals surface area contributed by atoms with Crippen molar-refractivity contribution in [3.63, 3.8) is 0 Å². The molecule has 2 rings (SSSR count). The Morgan fingerprint density at radius 3 is 2.78 bits per heavy atom. The maximum atomic E-state index is 12.2. The molecule has 1 unspecified atom stereocenters. The molecule has 0 aromatic rings. The fourth-order valence-electron chi connectivity index (χ4n) is 2.97. The molecule has 0 radical (unpaired) electrons. The molecule has 1 atom stereocenters. The SMILES string of the molecule is CC1(C(=O)NCCCN2CCCC2)CCCNC1. The second-order valence-corrected chi connectivity index (χ2v) is 6.00. The molecule has 1 amide bonds. The standard InChI is InChI=1S/C14H27N3O/c1-14(6-4-7-15-12-14)13(18)16-8-5-11-17-9-2-3-10-17/h15H,2-12H2,1H3,(H,16,18). The Labute approximate surface area is 110 Å². The van der Waals surface area contributed by atoms with E-state index >= 15 is 0 Å². The highest BCUT2D eigenvalue weighted by atomic mass is 16.2. The van der Waals surface area contributed by atoms with Crippen LogP contribution in [0.25, 0.3) is 0 Å². The first-order chi connectivity index (χ1) is 8.71. The maximum absolute atomic E-state index is 12.2. The third-order valence-corrected chi connectivity index (χ3v) is 4.28. The van der Waals surface area contributed by atoms with E-state index in [0.717, 1.165) is 45.4 Å². The van der Waals surface area contributed by atoms with Gasteiger partial charge in [0.2, 0.25) is 5.91 Å². The van der Waals surface area contributed by atoms with Crippen LogP contribution in [-0.4, -0.2) is 50.1 Å². The molecule has 2 heterocycles. The van der Waals surface area contributed by atoms with Gasteiger partial charge in [-0.05, 0) is 65.2 Å². The number of hydrogen-bond donors (Lipinski definition) is 2. The molecule has 4 heteroatoms. The molecule has 18 heavy (non-hydrogen) atoms. The summed E-state index contributed by atoms with van der Waals surface area (Å²) in [7, 11) is 0. The minimum atomic E-state index is -0.189. The lowest BCUT2D eigenvalue weighted by Gasteiger charge is -2.32. The maximum Gasteiger partial charge on any atom is 0.227 e. The lowest BCUT2D eigenvalue weighted by atomic mass is 9.82. The topological polar surface area (TPSA) is 44.4 Å². The highest BCUT2D eigenvalue weighted by molar-refractivity contribution is 5.82. The predicted molar refractivity (Wildman–Crippen MR) is 73.5 cm³/mol. The average Bonchev–Trinajstić information content (AvgIpc) is 2.88. The summed E-state index contributed by atoms with van der Waals surface area (Å²) in [5.41, 5.74) is -0.189. The number of piperidine rings is 1. The Bertz CT molecular complexity index is 268. The number of rotatable bonds is 5. The van der Waals surface area contributed by atoms with Crippen LogP contribution in [0.2, 0.25) is 0 Å². The van der Waals surface area contributed by atoms with Crippen LogP contribution in [0.4, 0.5) is 0 Å². The molecule has 2 aliphatic heterocycles. The molecule has 0 aliphatic carbocycles. The van der Waals surface area contributed by atoms with E-state index in [9.17, 15) is 4.79 Å². The van der Waals surface area contributed by atoms with Crippen molar-refractivity contribution in [3.8, 4) is 0 Å². The van der Waals surface area contributed by atoms with E-state index in [2.05, 4.69) is 22.5 Å². The van der Waals surface area contributed by atoms with Crippen LogP contribution in [0.5, 0.6) is 0 Å². The zero-order valence-corrected chi connectivity index (χ0v) is 11.6. The smallest absolute Gasteiger partial charge is 0.227 e. The molecule has 104 valence electrons. The minimum Gasteiger partial charge on any atom is -0.356 e. The van der Waals surface area contributed by atoms with E-state index in [4.69, 9.17) is 0 Å².